The lowest BCUT2D eigenvalue weighted by Crippen LogP contribution is -2.33. The molecular weight excluding hydrogens is 342 g/mol. The van der Waals surface area contributed by atoms with E-state index in [9.17, 15) is 14.4 Å². The van der Waals surface area contributed by atoms with Crippen LogP contribution >= 0.6 is 11.8 Å². The van der Waals surface area contributed by atoms with Crippen molar-refractivity contribution in [3.05, 3.63) is 24.3 Å². The van der Waals surface area contributed by atoms with Gasteiger partial charge in [0.2, 0.25) is 11.8 Å². The highest BCUT2D eigenvalue weighted by Gasteiger charge is 2.15. The molecule has 0 aliphatic heterocycles. The lowest BCUT2D eigenvalue weighted by Gasteiger charge is -2.19. The Labute approximate surface area is 152 Å². The molecule has 0 radical (unpaired) electrons. The lowest BCUT2D eigenvalue weighted by atomic mass is 10.2. The van der Waals surface area contributed by atoms with Gasteiger partial charge in [-0.2, -0.15) is 11.8 Å². The fraction of sp³-hybridized carbons (Fsp3) is 0.471. The first-order valence-corrected chi connectivity index (χ1v) is 9.03. The van der Waals surface area contributed by atoms with Gasteiger partial charge in [-0.15, -0.1) is 0 Å². The summed E-state index contributed by atoms with van der Waals surface area (Å²) in [5, 5.41) is 8.06. The molecule has 0 atom stereocenters. The van der Waals surface area contributed by atoms with Crippen LogP contribution in [0.1, 0.15) is 27.7 Å². The van der Waals surface area contributed by atoms with Crippen LogP contribution in [0.4, 0.5) is 16.2 Å². The fourth-order valence-electron chi connectivity index (χ4n) is 1.74. The van der Waals surface area contributed by atoms with Crippen LogP contribution in [0.15, 0.2) is 24.3 Å². The smallest absolute Gasteiger partial charge is 0.407 e. The maximum atomic E-state index is 11.8. The van der Waals surface area contributed by atoms with Gasteiger partial charge in [0.05, 0.1) is 5.75 Å². The Kier molecular flexibility index (Phi) is 8.27. The molecular formula is C17H25N3O4S. The number of anilines is 2. The van der Waals surface area contributed by atoms with Crippen LogP contribution < -0.4 is 16.0 Å². The van der Waals surface area contributed by atoms with Gasteiger partial charge in [0.1, 0.15) is 5.60 Å². The molecule has 0 fully saturated rings. The molecule has 0 saturated carbocycles. The van der Waals surface area contributed by atoms with E-state index in [-0.39, 0.29) is 17.6 Å². The molecule has 138 valence electrons. The second-order valence-corrected chi connectivity index (χ2v) is 7.39. The van der Waals surface area contributed by atoms with Crippen molar-refractivity contribution in [1.29, 1.82) is 0 Å². The van der Waals surface area contributed by atoms with Crippen molar-refractivity contribution >= 4 is 41.0 Å². The van der Waals surface area contributed by atoms with E-state index in [1.54, 1.807) is 45.0 Å². The number of nitrogens with one attached hydrogen (secondary N) is 3. The summed E-state index contributed by atoms with van der Waals surface area (Å²) in [6.45, 7) is 7.26. The topological polar surface area (TPSA) is 96.5 Å². The maximum absolute atomic E-state index is 11.8. The largest absolute Gasteiger partial charge is 0.444 e. The zero-order valence-electron chi connectivity index (χ0n) is 15.0. The number of amides is 3. The van der Waals surface area contributed by atoms with Crippen LogP contribution in [-0.4, -0.2) is 41.6 Å². The first-order valence-electron chi connectivity index (χ1n) is 7.88. The predicted octanol–water partition coefficient (Wildman–Crippen LogP) is 2.84. The number of rotatable bonds is 7. The standard InChI is InChI=1S/C17H25N3O4S/c1-12(21)19-13-5-7-14(8-6-13)20-15(22)11-25-10-9-18-16(23)24-17(2,3)4/h5-8H,9-11H2,1-4H3,(H,18,23)(H,19,21)(H,20,22). The number of alkyl carbamates (subject to hydrolysis) is 1. The number of ether oxygens (including phenoxy) is 1. The van der Waals surface area contributed by atoms with Gasteiger partial charge >= 0.3 is 6.09 Å². The zero-order valence-corrected chi connectivity index (χ0v) is 15.8. The van der Waals surface area contributed by atoms with Gasteiger partial charge < -0.3 is 20.7 Å². The van der Waals surface area contributed by atoms with Gasteiger partial charge in [-0.05, 0) is 45.0 Å². The molecule has 3 amide bonds. The van der Waals surface area contributed by atoms with Crippen LogP contribution in [0.2, 0.25) is 0 Å². The van der Waals surface area contributed by atoms with E-state index in [4.69, 9.17) is 4.74 Å². The number of benzene rings is 1. The van der Waals surface area contributed by atoms with Gasteiger partial charge in [-0.25, -0.2) is 4.79 Å². The molecule has 1 rings (SSSR count). The molecule has 1 aromatic carbocycles. The summed E-state index contributed by atoms with van der Waals surface area (Å²) in [5.74, 6) is 0.611. The van der Waals surface area contributed by atoms with Crippen molar-refractivity contribution in [3.63, 3.8) is 0 Å². The second-order valence-electron chi connectivity index (χ2n) is 6.29. The monoisotopic (exact) mass is 367 g/mol. The maximum Gasteiger partial charge on any atom is 0.407 e. The Bertz CT molecular complexity index is 597. The molecule has 0 saturated heterocycles. The summed E-state index contributed by atoms with van der Waals surface area (Å²) in [6, 6.07) is 6.87. The second kappa shape index (κ2) is 9.93. The molecule has 0 unspecified atom stereocenters. The van der Waals surface area contributed by atoms with Crippen LogP contribution in [0.3, 0.4) is 0 Å². The van der Waals surface area contributed by atoms with Crippen LogP contribution in [-0.2, 0) is 14.3 Å². The third-order valence-electron chi connectivity index (χ3n) is 2.64. The highest BCUT2D eigenvalue weighted by molar-refractivity contribution is 7.99. The summed E-state index contributed by atoms with van der Waals surface area (Å²) in [4.78, 5) is 34.2. The zero-order chi connectivity index (χ0) is 18.9. The molecule has 0 aliphatic carbocycles. The number of hydrogen-bond acceptors (Lipinski definition) is 5. The van der Waals surface area contributed by atoms with E-state index >= 15 is 0 Å². The van der Waals surface area contributed by atoms with Gasteiger partial charge in [0, 0.05) is 30.6 Å². The average Bonchev–Trinajstić information content (AvgIpc) is 2.46. The third-order valence-corrected chi connectivity index (χ3v) is 3.60. The summed E-state index contributed by atoms with van der Waals surface area (Å²) >= 11 is 1.41. The third kappa shape index (κ3) is 10.3. The highest BCUT2D eigenvalue weighted by Crippen LogP contribution is 2.14. The lowest BCUT2D eigenvalue weighted by molar-refractivity contribution is -0.114. The number of carbonyl (C=O) groups excluding carboxylic acids is 3. The van der Waals surface area contributed by atoms with E-state index in [0.29, 0.717) is 23.7 Å². The van der Waals surface area contributed by atoms with Gasteiger partial charge in [-0.3, -0.25) is 9.59 Å². The molecule has 1 aromatic rings. The van der Waals surface area contributed by atoms with Gasteiger partial charge in [-0.1, -0.05) is 0 Å². The minimum Gasteiger partial charge on any atom is -0.444 e. The van der Waals surface area contributed by atoms with Crippen molar-refractivity contribution in [2.24, 2.45) is 0 Å². The Balaban J connectivity index is 2.20. The summed E-state index contributed by atoms with van der Waals surface area (Å²) in [7, 11) is 0. The Morgan fingerprint density at radius 1 is 1.04 bits per heavy atom. The predicted molar refractivity (Wildman–Crippen MR) is 101 cm³/mol. The SMILES string of the molecule is CC(=O)Nc1ccc(NC(=O)CSCCNC(=O)OC(C)(C)C)cc1. The molecule has 0 aliphatic rings. The highest BCUT2D eigenvalue weighted by atomic mass is 32.2. The van der Waals surface area contributed by atoms with Crippen LogP contribution in [0.25, 0.3) is 0 Å². The van der Waals surface area contributed by atoms with Gasteiger partial charge in [0.15, 0.2) is 0 Å². The van der Waals surface area contributed by atoms with Crippen molar-refractivity contribution in [2.75, 3.05) is 28.7 Å². The number of hydrogen-bond donors (Lipinski definition) is 3. The first kappa shape index (κ1) is 20.8. The fourth-order valence-corrected chi connectivity index (χ4v) is 2.39. The Hall–Kier alpha value is -2.22. The number of carbonyl (C=O) groups is 3. The summed E-state index contributed by atoms with van der Waals surface area (Å²) in [6.07, 6.45) is -0.461. The quantitative estimate of drug-likeness (QED) is 0.644. The van der Waals surface area contributed by atoms with Crippen molar-refractivity contribution in [2.45, 2.75) is 33.3 Å². The summed E-state index contributed by atoms with van der Waals surface area (Å²) in [5.41, 5.74) is 0.812. The van der Waals surface area contributed by atoms with Crippen molar-refractivity contribution < 1.29 is 19.1 Å². The van der Waals surface area contributed by atoms with E-state index in [2.05, 4.69) is 16.0 Å². The molecule has 0 heterocycles. The first-order chi connectivity index (χ1) is 11.7. The number of thioether (sulfide) groups is 1. The van der Waals surface area contributed by atoms with E-state index < -0.39 is 11.7 Å². The minimum absolute atomic E-state index is 0.130. The molecule has 0 aromatic heterocycles. The normalized spacial score (nSPS) is 10.7. The Morgan fingerprint density at radius 3 is 2.12 bits per heavy atom. The molecule has 7 nitrogen and oxygen atoms in total. The van der Waals surface area contributed by atoms with Gasteiger partial charge in [0.25, 0.3) is 0 Å². The van der Waals surface area contributed by atoms with E-state index in [0.717, 1.165) is 0 Å². The Morgan fingerprint density at radius 2 is 1.60 bits per heavy atom. The molecule has 3 N–H and O–H groups in total. The van der Waals surface area contributed by atoms with Crippen LogP contribution in [0.5, 0.6) is 0 Å². The molecule has 0 bridgehead atoms. The molecule has 8 heteroatoms. The van der Waals surface area contributed by atoms with Crippen molar-refractivity contribution in [1.82, 2.24) is 5.32 Å². The van der Waals surface area contributed by atoms with E-state index in [1.807, 2.05) is 0 Å². The van der Waals surface area contributed by atoms with E-state index in [1.165, 1.54) is 18.7 Å². The van der Waals surface area contributed by atoms with Crippen LogP contribution in [0, 0.1) is 0 Å². The van der Waals surface area contributed by atoms with Crippen molar-refractivity contribution in [3.8, 4) is 0 Å². The minimum atomic E-state index is -0.521. The molecule has 0 spiro atoms. The average molecular weight is 367 g/mol. The molecule has 25 heavy (non-hydrogen) atoms. The summed E-state index contributed by atoms with van der Waals surface area (Å²) < 4.78 is 5.11.